The largest absolute Gasteiger partial charge is 0.325 e. The third-order valence-electron chi connectivity index (χ3n) is 3.06. The lowest BCUT2D eigenvalue weighted by atomic mass is 10.2. The van der Waals surface area contributed by atoms with Crippen molar-refractivity contribution in [2.75, 3.05) is 5.32 Å². The van der Waals surface area contributed by atoms with Gasteiger partial charge in [-0.25, -0.2) is 0 Å². The number of carbonyl (C=O) groups excluding carboxylic acids is 1. The second kappa shape index (κ2) is 5.61. The van der Waals surface area contributed by atoms with Crippen molar-refractivity contribution in [3.05, 3.63) is 30.1 Å². The van der Waals surface area contributed by atoms with E-state index in [4.69, 9.17) is 0 Å². The van der Waals surface area contributed by atoms with Gasteiger partial charge in [-0.15, -0.1) is 10.2 Å². The molecule has 0 atom stereocenters. The van der Waals surface area contributed by atoms with Crippen LogP contribution in [0.25, 0.3) is 15.5 Å². The van der Waals surface area contributed by atoms with Crippen LogP contribution in [-0.2, 0) is 4.79 Å². The summed E-state index contributed by atoms with van der Waals surface area (Å²) in [5.74, 6) is 0.768. The molecule has 0 fully saturated rings. The number of aryl methyl sites for hydroxylation is 1. The van der Waals surface area contributed by atoms with E-state index in [0.717, 1.165) is 33.5 Å². The molecule has 1 aromatic carbocycles. The summed E-state index contributed by atoms with van der Waals surface area (Å²) in [6.07, 6.45) is 1.34. The number of aromatic nitrogens is 4. The average molecular weight is 301 g/mol. The highest BCUT2D eigenvalue weighted by Gasteiger charge is 2.14. The number of rotatable bonds is 4. The molecule has 3 aromatic rings. The first-order valence-electron chi connectivity index (χ1n) is 6.77. The molecule has 6 nitrogen and oxygen atoms in total. The number of nitrogens with one attached hydrogen (secondary N) is 1. The first-order valence-corrected chi connectivity index (χ1v) is 7.58. The third kappa shape index (κ3) is 2.64. The predicted octanol–water partition coefficient (Wildman–Crippen LogP) is 2.90. The van der Waals surface area contributed by atoms with E-state index >= 15 is 0 Å². The highest BCUT2D eigenvalue weighted by molar-refractivity contribution is 7.19. The van der Waals surface area contributed by atoms with Crippen molar-refractivity contribution in [2.24, 2.45) is 0 Å². The summed E-state index contributed by atoms with van der Waals surface area (Å²) in [4.78, 5) is 12.6. The SMILES string of the molecule is CCCC(=O)Nc1ccccc1-c1nn2c(C)nnc2s1. The van der Waals surface area contributed by atoms with Gasteiger partial charge in [0.25, 0.3) is 0 Å². The Hall–Kier alpha value is -2.28. The van der Waals surface area contributed by atoms with Gasteiger partial charge in [-0.2, -0.15) is 9.61 Å². The van der Waals surface area contributed by atoms with Gasteiger partial charge in [0.1, 0.15) is 5.01 Å². The molecule has 1 amide bonds. The molecule has 2 aromatic heterocycles. The number of amides is 1. The molecule has 0 unspecified atom stereocenters. The molecule has 0 radical (unpaired) electrons. The Labute approximate surface area is 125 Å². The summed E-state index contributed by atoms with van der Waals surface area (Å²) < 4.78 is 1.71. The summed E-state index contributed by atoms with van der Waals surface area (Å²) in [6.45, 7) is 3.84. The fourth-order valence-corrected chi connectivity index (χ4v) is 2.97. The maximum absolute atomic E-state index is 11.8. The predicted molar refractivity (Wildman–Crippen MR) is 82.4 cm³/mol. The van der Waals surface area contributed by atoms with Crippen molar-refractivity contribution in [2.45, 2.75) is 26.7 Å². The van der Waals surface area contributed by atoms with Crippen molar-refractivity contribution in [3.8, 4) is 10.6 Å². The van der Waals surface area contributed by atoms with Gasteiger partial charge in [0, 0.05) is 12.0 Å². The summed E-state index contributed by atoms with van der Waals surface area (Å²) >= 11 is 1.45. The van der Waals surface area contributed by atoms with Crippen LogP contribution in [0.1, 0.15) is 25.6 Å². The van der Waals surface area contributed by atoms with Crippen LogP contribution in [0.3, 0.4) is 0 Å². The maximum Gasteiger partial charge on any atom is 0.234 e. The number of para-hydroxylation sites is 1. The fraction of sp³-hybridized carbons (Fsp3) is 0.286. The van der Waals surface area contributed by atoms with Crippen molar-refractivity contribution in [1.82, 2.24) is 19.8 Å². The van der Waals surface area contributed by atoms with Crippen LogP contribution in [0, 0.1) is 6.92 Å². The van der Waals surface area contributed by atoms with E-state index in [1.165, 1.54) is 11.3 Å². The van der Waals surface area contributed by atoms with Crippen molar-refractivity contribution < 1.29 is 4.79 Å². The molecule has 0 saturated carbocycles. The number of benzene rings is 1. The van der Waals surface area contributed by atoms with Gasteiger partial charge in [-0.05, 0) is 25.5 Å². The van der Waals surface area contributed by atoms with E-state index in [2.05, 4.69) is 20.6 Å². The standard InChI is InChI=1S/C14H15N5OS/c1-3-6-12(20)15-11-8-5-4-7-10(11)13-18-19-9(2)16-17-14(19)21-13/h4-5,7-8H,3,6H2,1-2H3,(H,15,20). The minimum absolute atomic E-state index is 0.0177. The maximum atomic E-state index is 11.8. The fourth-order valence-electron chi connectivity index (χ4n) is 2.04. The number of nitrogens with zero attached hydrogens (tertiary/aromatic N) is 4. The molecule has 108 valence electrons. The van der Waals surface area contributed by atoms with Gasteiger partial charge >= 0.3 is 0 Å². The normalized spacial score (nSPS) is 11.0. The van der Waals surface area contributed by atoms with Gasteiger partial charge < -0.3 is 5.32 Å². The number of hydrogen-bond acceptors (Lipinski definition) is 5. The molecule has 21 heavy (non-hydrogen) atoms. The lowest BCUT2D eigenvalue weighted by Gasteiger charge is -2.08. The van der Waals surface area contributed by atoms with Crippen LogP contribution in [0.2, 0.25) is 0 Å². The number of fused-ring (bicyclic) bond motifs is 1. The molecular weight excluding hydrogens is 286 g/mol. The molecule has 0 aliphatic carbocycles. The molecular formula is C14H15N5OS. The number of anilines is 1. The van der Waals surface area contributed by atoms with Crippen molar-refractivity contribution in [3.63, 3.8) is 0 Å². The Kier molecular flexibility index (Phi) is 3.66. The van der Waals surface area contributed by atoms with E-state index in [-0.39, 0.29) is 5.91 Å². The van der Waals surface area contributed by atoms with Gasteiger partial charge in [0.05, 0.1) is 5.69 Å². The summed E-state index contributed by atoms with van der Waals surface area (Å²) in [6, 6.07) is 7.66. The molecule has 0 aliphatic heterocycles. The van der Waals surface area contributed by atoms with E-state index < -0.39 is 0 Å². The number of carbonyl (C=O) groups is 1. The molecule has 1 N–H and O–H groups in total. The van der Waals surface area contributed by atoms with Crippen molar-refractivity contribution >= 4 is 27.9 Å². The lowest BCUT2D eigenvalue weighted by molar-refractivity contribution is -0.116. The summed E-state index contributed by atoms with van der Waals surface area (Å²) in [7, 11) is 0. The second-order valence-electron chi connectivity index (χ2n) is 4.69. The molecule has 2 heterocycles. The Balaban J connectivity index is 1.99. The van der Waals surface area contributed by atoms with E-state index in [1.807, 2.05) is 38.1 Å². The number of hydrogen-bond donors (Lipinski definition) is 1. The quantitative estimate of drug-likeness (QED) is 0.804. The minimum Gasteiger partial charge on any atom is -0.325 e. The molecule has 7 heteroatoms. The Bertz CT molecular complexity index is 792. The van der Waals surface area contributed by atoms with Crippen LogP contribution in [0.15, 0.2) is 24.3 Å². The van der Waals surface area contributed by atoms with Crippen molar-refractivity contribution in [1.29, 1.82) is 0 Å². The molecule has 0 saturated heterocycles. The van der Waals surface area contributed by atoms with Gasteiger partial charge in [0.2, 0.25) is 10.9 Å². The van der Waals surface area contributed by atoms with E-state index in [1.54, 1.807) is 4.52 Å². The zero-order chi connectivity index (χ0) is 14.8. The Morgan fingerprint density at radius 2 is 2.14 bits per heavy atom. The zero-order valence-electron chi connectivity index (χ0n) is 11.8. The van der Waals surface area contributed by atoms with E-state index in [0.29, 0.717) is 6.42 Å². The second-order valence-corrected chi connectivity index (χ2v) is 5.65. The Morgan fingerprint density at radius 3 is 2.90 bits per heavy atom. The molecule has 0 bridgehead atoms. The lowest BCUT2D eigenvalue weighted by Crippen LogP contribution is -2.11. The smallest absolute Gasteiger partial charge is 0.234 e. The average Bonchev–Trinajstić information content (AvgIpc) is 3.02. The Morgan fingerprint density at radius 1 is 1.33 bits per heavy atom. The molecule has 0 spiro atoms. The monoisotopic (exact) mass is 301 g/mol. The van der Waals surface area contributed by atoms with E-state index in [9.17, 15) is 4.79 Å². The molecule has 0 aliphatic rings. The van der Waals surface area contributed by atoms with Crippen LogP contribution in [0.4, 0.5) is 5.69 Å². The van der Waals surface area contributed by atoms with Gasteiger partial charge in [-0.1, -0.05) is 30.4 Å². The first-order chi connectivity index (χ1) is 10.2. The minimum atomic E-state index is 0.0177. The van der Waals surface area contributed by atoms with Crippen LogP contribution in [0.5, 0.6) is 0 Å². The van der Waals surface area contributed by atoms with Gasteiger partial charge in [-0.3, -0.25) is 4.79 Å². The van der Waals surface area contributed by atoms with Crippen LogP contribution in [-0.4, -0.2) is 25.7 Å². The molecule has 3 rings (SSSR count). The van der Waals surface area contributed by atoms with Crippen LogP contribution < -0.4 is 5.32 Å². The van der Waals surface area contributed by atoms with Crippen LogP contribution >= 0.6 is 11.3 Å². The highest BCUT2D eigenvalue weighted by Crippen LogP contribution is 2.31. The zero-order valence-corrected chi connectivity index (χ0v) is 12.6. The topological polar surface area (TPSA) is 72.2 Å². The van der Waals surface area contributed by atoms with Gasteiger partial charge in [0.15, 0.2) is 5.82 Å². The highest BCUT2D eigenvalue weighted by atomic mass is 32.1. The summed E-state index contributed by atoms with van der Waals surface area (Å²) in [5.41, 5.74) is 1.68. The third-order valence-corrected chi connectivity index (χ3v) is 3.99. The first kappa shape index (κ1) is 13.7. The summed E-state index contributed by atoms with van der Waals surface area (Å²) in [5, 5.41) is 16.3.